The topological polar surface area (TPSA) is 29.9 Å². The van der Waals surface area contributed by atoms with Crippen LogP contribution in [-0.2, 0) is 13.5 Å². The maximum Gasteiger partial charge on any atom is 0.0540 e. The molecule has 0 radical (unpaired) electrons. The highest BCUT2D eigenvalue weighted by atomic mass is 15.3. The lowest BCUT2D eigenvalue weighted by Gasteiger charge is -2.24. The number of hydrogen-bond acceptors (Lipinski definition) is 2. The Labute approximate surface area is 97.2 Å². The van der Waals surface area contributed by atoms with Crippen molar-refractivity contribution in [3.8, 4) is 0 Å². The predicted molar refractivity (Wildman–Crippen MR) is 64.2 cm³/mol. The first-order chi connectivity index (χ1) is 7.58. The molecular formula is C13H21N3. The fourth-order valence-corrected chi connectivity index (χ4v) is 2.87. The van der Waals surface area contributed by atoms with E-state index in [1.807, 2.05) is 4.68 Å². The largest absolute Gasteiger partial charge is 0.306 e. The summed E-state index contributed by atoms with van der Waals surface area (Å²) in [7, 11) is 2.06. The number of hydrogen-bond donors (Lipinski definition) is 1. The summed E-state index contributed by atoms with van der Waals surface area (Å²) in [5.41, 5.74) is 3.39. The maximum absolute atomic E-state index is 4.39. The number of rotatable bonds is 2. The summed E-state index contributed by atoms with van der Waals surface area (Å²) in [5, 5.41) is 8.19. The van der Waals surface area contributed by atoms with Crippen molar-refractivity contribution in [1.29, 1.82) is 0 Å². The zero-order valence-electron chi connectivity index (χ0n) is 10.5. The second kappa shape index (κ2) is 3.33. The Bertz CT molecular complexity index is 405. The molecule has 0 spiro atoms. The molecule has 0 aromatic carbocycles. The van der Waals surface area contributed by atoms with Crippen LogP contribution in [0.15, 0.2) is 6.20 Å². The Balaban J connectivity index is 1.78. The van der Waals surface area contributed by atoms with E-state index in [-0.39, 0.29) is 0 Å². The molecule has 1 aromatic heterocycles. The minimum Gasteiger partial charge on any atom is -0.306 e. The molecule has 0 bridgehead atoms. The van der Waals surface area contributed by atoms with E-state index in [9.17, 15) is 0 Å². The normalized spacial score (nSPS) is 31.2. The van der Waals surface area contributed by atoms with Crippen molar-refractivity contribution in [2.45, 2.75) is 51.6 Å². The molecule has 1 heterocycles. The smallest absolute Gasteiger partial charge is 0.0540 e. The molecule has 2 unspecified atom stereocenters. The Hall–Kier alpha value is -0.830. The summed E-state index contributed by atoms with van der Waals surface area (Å²) in [4.78, 5) is 0. The van der Waals surface area contributed by atoms with Crippen molar-refractivity contribution < 1.29 is 0 Å². The van der Waals surface area contributed by atoms with Crippen LogP contribution in [0.4, 0.5) is 0 Å². The number of aromatic nitrogens is 2. The quantitative estimate of drug-likeness (QED) is 0.826. The van der Waals surface area contributed by atoms with Crippen LogP contribution in [0, 0.1) is 5.41 Å². The van der Waals surface area contributed by atoms with Crippen molar-refractivity contribution >= 4 is 0 Å². The molecule has 1 fully saturated rings. The molecule has 1 aromatic rings. The first-order valence-electron chi connectivity index (χ1n) is 6.35. The average Bonchev–Trinajstić information content (AvgIpc) is 2.67. The van der Waals surface area contributed by atoms with Crippen molar-refractivity contribution in [2.24, 2.45) is 12.5 Å². The summed E-state index contributed by atoms with van der Waals surface area (Å²) in [6.07, 6.45) is 7.13. The molecule has 88 valence electrons. The molecule has 1 N–H and O–H groups in total. The van der Waals surface area contributed by atoms with Gasteiger partial charge in [0.05, 0.1) is 6.20 Å². The number of fused-ring (bicyclic) bond motifs is 1. The molecule has 2 aliphatic rings. The molecule has 0 saturated heterocycles. The molecular weight excluding hydrogens is 198 g/mol. The van der Waals surface area contributed by atoms with E-state index in [2.05, 4.69) is 37.5 Å². The van der Waals surface area contributed by atoms with Gasteiger partial charge in [0.15, 0.2) is 0 Å². The standard InChI is InChI=1S/C13H21N3/c1-13(2)7-12(13)15-10-5-4-6-11-9(10)8-14-16(11)3/h8,10,12,15H,4-7H2,1-3H3. The van der Waals surface area contributed by atoms with Crippen molar-refractivity contribution in [3.05, 3.63) is 17.5 Å². The first kappa shape index (κ1) is 10.3. The highest BCUT2D eigenvalue weighted by Crippen LogP contribution is 2.46. The maximum atomic E-state index is 4.39. The van der Waals surface area contributed by atoms with Gasteiger partial charge < -0.3 is 5.32 Å². The van der Waals surface area contributed by atoms with Gasteiger partial charge >= 0.3 is 0 Å². The fourth-order valence-electron chi connectivity index (χ4n) is 2.87. The van der Waals surface area contributed by atoms with Crippen molar-refractivity contribution in [2.75, 3.05) is 0 Å². The van der Waals surface area contributed by atoms with Crippen LogP contribution < -0.4 is 5.32 Å². The first-order valence-corrected chi connectivity index (χ1v) is 6.35. The van der Waals surface area contributed by atoms with Crippen LogP contribution in [0.5, 0.6) is 0 Å². The second-order valence-corrected chi connectivity index (χ2v) is 6.03. The van der Waals surface area contributed by atoms with Crippen LogP contribution in [0.3, 0.4) is 0 Å². The van der Waals surface area contributed by atoms with E-state index in [1.165, 1.54) is 36.9 Å². The summed E-state index contributed by atoms with van der Waals surface area (Å²) < 4.78 is 2.04. The minimum absolute atomic E-state index is 0.514. The highest BCUT2D eigenvalue weighted by molar-refractivity contribution is 5.25. The summed E-state index contributed by atoms with van der Waals surface area (Å²) in [6.45, 7) is 4.69. The zero-order valence-corrected chi connectivity index (χ0v) is 10.5. The van der Waals surface area contributed by atoms with E-state index in [0.717, 1.165) is 0 Å². The van der Waals surface area contributed by atoms with Gasteiger partial charge in [-0.1, -0.05) is 13.8 Å². The lowest BCUT2D eigenvalue weighted by molar-refractivity contribution is 0.419. The number of nitrogens with zero attached hydrogens (tertiary/aromatic N) is 2. The van der Waals surface area contributed by atoms with E-state index in [0.29, 0.717) is 17.5 Å². The van der Waals surface area contributed by atoms with Gasteiger partial charge in [0.1, 0.15) is 0 Å². The molecule has 0 amide bonds. The summed E-state index contributed by atoms with van der Waals surface area (Å²) >= 11 is 0. The molecule has 2 atom stereocenters. The van der Waals surface area contributed by atoms with E-state index in [1.54, 1.807) is 0 Å². The third kappa shape index (κ3) is 1.58. The Morgan fingerprint density at radius 2 is 2.25 bits per heavy atom. The van der Waals surface area contributed by atoms with Crippen LogP contribution >= 0.6 is 0 Å². The Morgan fingerprint density at radius 1 is 1.50 bits per heavy atom. The molecule has 3 rings (SSSR count). The lowest BCUT2D eigenvalue weighted by atomic mass is 9.92. The lowest BCUT2D eigenvalue weighted by Crippen LogP contribution is -2.29. The monoisotopic (exact) mass is 219 g/mol. The third-order valence-corrected chi connectivity index (χ3v) is 4.29. The second-order valence-electron chi connectivity index (χ2n) is 6.03. The SMILES string of the molecule is Cn1ncc2c1CCCC2NC1CC1(C)C. The molecule has 0 aliphatic heterocycles. The predicted octanol–water partition coefficient (Wildman–Crippen LogP) is 2.19. The fraction of sp³-hybridized carbons (Fsp3) is 0.769. The third-order valence-electron chi connectivity index (χ3n) is 4.29. The highest BCUT2D eigenvalue weighted by Gasteiger charge is 2.46. The van der Waals surface area contributed by atoms with Gasteiger partial charge in [-0.05, 0) is 31.1 Å². The van der Waals surface area contributed by atoms with Gasteiger partial charge in [-0.15, -0.1) is 0 Å². The Kier molecular flexibility index (Phi) is 2.15. The van der Waals surface area contributed by atoms with Crippen LogP contribution in [0.25, 0.3) is 0 Å². The van der Waals surface area contributed by atoms with E-state index < -0.39 is 0 Å². The van der Waals surface area contributed by atoms with Gasteiger partial charge in [-0.3, -0.25) is 4.68 Å². The molecule has 3 nitrogen and oxygen atoms in total. The average molecular weight is 219 g/mol. The zero-order chi connectivity index (χ0) is 11.3. The van der Waals surface area contributed by atoms with Gasteiger partial charge in [0.2, 0.25) is 0 Å². The van der Waals surface area contributed by atoms with E-state index in [4.69, 9.17) is 0 Å². The molecule has 1 saturated carbocycles. The molecule has 16 heavy (non-hydrogen) atoms. The van der Waals surface area contributed by atoms with Gasteiger partial charge in [0.25, 0.3) is 0 Å². The number of nitrogens with one attached hydrogen (secondary N) is 1. The minimum atomic E-state index is 0.514. The van der Waals surface area contributed by atoms with Crippen LogP contribution in [-0.4, -0.2) is 15.8 Å². The van der Waals surface area contributed by atoms with Crippen molar-refractivity contribution in [1.82, 2.24) is 15.1 Å². The van der Waals surface area contributed by atoms with Crippen LogP contribution in [0.2, 0.25) is 0 Å². The van der Waals surface area contributed by atoms with E-state index >= 15 is 0 Å². The summed E-state index contributed by atoms with van der Waals surface area (Å²) in [5.74, 6) is 0. The number of aryl methyl sites for hydroxylation is 1. The van der Waals surface area contributed by atoms with Gasteiger partial charge in [-0.25, -0.2) is 0 Å². The summed E-state index contributed by atoms with van der Waals surface area (Å²) in [6, 6.07) is 1.26. The molecule has 2 aliphatic carbocycles. The van der Waals surface area contributed by atoms with Gasteiger partial charge in [-0.2, -0.15) is 5.10 Å². The van der Waals surface area contributed by atoms with Crippen molar-refractivity contribution in [3.63, 3.8) is 0 Å². The van der Waals surface area contributed by atoms with Crippen LogP contribution in [0.1, 0.15) is 50.4 Å². The molecule has 3 heteroatoms. The van der Waals surface area contributed by atoms with Gasteiger partial charge in [0, 0.05) is 30.4 Å². The Morgan fingerprint density at radius 3 is 2.94 bits per heavy atom.